The molecule has 1 amide bonds. The van der Waals surface area contributed by atoms with E-state index in [0.29, 0.717) is 30.1 Å². The molecule has 0 N–H and O–H groups in total. The van der Waals surface area contributed by atoms with Crippen LogP contribution in [0.25, 0.3) is 11.1 Å². The highest BCUT2D eigenvalue weighted by Gasteiger charge is 2.26. The molecule has 0 bridgehead atoms. The topological polar surface area (TPSA) is 62.5 Å². The SMILES string of the molecule is Cc1noc2nc(C(C)C)cc(C(=O)N3CCN(Cc4ccc(Cl)s4)CC3)c12. The van der Waals surface area contributed by atoms with Crippen molar-refractivity contribution in [2.75, 3.05) is 26.2 Å². The molecule has 6 nitrogen and oxygen atoms in total. The van der Waals surface area contributed by atoms with Crippen LogP contribution in [-0.4, -0.2) is 52.0 Å². The van der Waals surface area contributed by atoms with E-state index in [2.05, 4.69) is 35.0 Å². The maximum Gasteiger partial charge on any atom is 0.259 e. The summed E-state index contributed by atoms with van der Waals surface area (Å²) in [5.41, 5.74) is 2.64. The zero-order valence-electron chi connectivity index (χ0n) is 16.2. The third-order valence-electron chi connectivity index (χ3n) is 5.13. The lowest BCUT2D eigenvalue weighted by Gasteiger charge is -2.34. The van der Waals surface area contributed by atoms with E-state index < -0.39 is 0 Å². The second-order valence-electron chi connectivity index (χ2n) is 7.47. The van der Waals surface area contributed by atoms with Crippen molar-refractivity contribution in [1.82, 2.24) is 19.9 Å². The lowest BCUT2D eigenvalue weighted by Crippen LogP contribution is -2.48. The van der Waals surface area contributed by atoms with Crippen LogP contribution in [0, 0.1) is 6.92 Å². The summed E-state index contributed by atoms with van der Waals surface area (Å²) in [5.74, 6) is 0.232. The molecule has 0 aliphatic carbocycles. The molecule has 3 aromatic heterocycles. The molecule has 1 fully saturated rings. The van der Waals surface area contributed by atoms with E-state index in [-0.39, 0.29) is 11.8 Å². The van der Waals surface area contributed by atoms with E-state index in [1.54, 1.807) is 11.3 Å². The van der Waals surface area contributed by atoms with Crippen molar-refractivity contribution in [2.24, 2.45) is 0 Å². The van der Waals surface area contributed by atoms with Gasteiger partial charge in [0.05, 0.1) is 21.0 Å². The first-order valence-corrected chi connectivity index (χ1v) is 10.6. The minimum atomic E-state index is 0.0272. The van der Waals surface area contributed by atoms with Gasteiger partial charge in [0, 0.05) is 43.3 Å². The number of rotatable bonds is 4. The molecule has 0 radical (unpaired) electrons. The third kappa shape index (κ3) is 3.79. The number of fused-ring (bicyclic) bond motifs is 1. The maximum atomic E-state index is 13.3. The number of piperazine rings is 1. The van der Waals surface area contributed by atoms with Crippen LogP contribution >= 0.6 is 22.9 Å². The molecule has 0 saturated carbocycles. The molecule has 8 heteroatoms. The van der Waals surface area contributed by atoms with E-state index in [1.165, 1.54) is 4.88 Å². The van der Waals surface area contributed by atoms with Crippen molar-refractivity contribution in [2.45, 2.75) is 33.2 Å². The minimum Gasteiger partial charge on any atom is -0.336 e. The highest BCUT2D eigenvalue weighted by Crippen LogP contribution is 2.27. The summed E-state index contributed by atoms with van der Waals surface area (Å²) in [6.45, 7) is 9.92. The summed E-state index contributed by atoms with van der Waals surface area (Å²) in [6.07, 6.45) is 0. The number of amides is 1. The van der Waals surface area contributed by atoms with Crippen LogP contribution in [0.5, 0.6) is 0 Å². The van der Waals surface area contributed by atoms with Gasteiger partial charge in [0.25, 0.3) is 11.6 Å². The number of hydrogen-bond acceptors (Lipinski definition) is 6. The van der Waals surface area contributed by atoms with Crippen LogP contribution in [0.3, 0.4) is 0 Å². The molecule has 1 aliphatic rings. The third-order valence-corrected chi connectivity index (χ3v) is 6.34. The van der Waals surface area contributed by atoms with E-state index in [4.69, 9.17) is 16.1 Å². The molecule has 28 heavy (non-hydrogen) atoms. The monoisotopic (exact) mass is 418 g/mol. The first kappa shape index (κ1) is 19.4. The summed E-state index contributed by atoms with van der Waals surface area (Å²) in [4.78, 5) is 23.4. The number of aryl methyl sites for hydroxylation is 1. The predicted molar refractivity (Wildman–Crippen MR) is 111 cm³/mol. The number of pyridine rings is 1. The summed E-state index contributed by atoms with van der Waals surface area (Å²) < 4.78 is 6.17. The molecule has 0 aromatic carbocycles. The van der Waals surface area contributed by atoms with Gasteiger partial charge in [-0.2, -0.15) is 0 Å². The van der Waals surface area contributed by atoms with Gasteiger partial charge in [-0.3, -0.25) is 9.69 Å². The van der Waals surface area contributed by atoms with Crippen molar-refractivity contribution in [1.29, 1.82) is 0 Å². The van der Waals surface area contributed by atoms with Gasteiger partial charge in [0.15, 0.2) is 0 Å². The summed E-state index contributed by atoms with van der Waals surface area (Å²) in [6, 6.07) is 5.91. The molecule has 0 spiro atoms. The van der Waals surface area contributed by atoms with Crippen molar-refractivity contribution in [3.8, 4) is 0 Å². The van der Waals surface area contributed by atoms with Crippen LogP contribution in [-0.2, 0) is 6.54 Å². The second kappa shape index (κ2) is 7.81. The Balaban J connectivity index is 1.51. The Morgan fingerprint density at radius 1 is 1.29 bits per heavy atom. The molecule has 3 aromatic rings. The van der Waals surface area contributed by atoms with Gasteiger partial charge in [-0.15, -0.1) is 11.3 Å². The first-order chi connectivity index (χ1) is 13.4. The quantitative estimate of drug-likeness (QED) is 0.631. The number of carbonyl (C=O) groups excluding carboxylic acids is 1. The molecule has 0 unspecified atom stereocenters. The second-order valence-corrected chi connectivity index (χ2v) is 9.27. The average molecular weight is 419 g/mol. The van der Waals surface area contributed by atoms with E-state index in [0.717, 1.165) is 35.1 Å². The fraction of sp³-hybridized carbons (Fsp3) is 0.450. The summed E-state index contributed by atoms with van der Waals surface area (Å²) >= 11 is 7.64. The zero-order valence-corrected chi connectivity index (χ0v) is 17.8. The number of hydrogen-bond donors (Lipinski definition) is 0. The van der Waals surface area contributed by atoms with Gasteiger partial charge in [0.2, 0.25) is 0 Å². The van der Waals surface area contributed by atoms with E-state index >= 15 is 0 Å². The molecule has 148 valence electrons. The van der Waals surface area contributed by atoms with Crippen molar-refractivity contribution in [3.05, 3.63) is 44.4 Å². The van der Waals surface area contributed by atoms with Crippen LogP contribution in [0.15, 0.2) is 22.7 Å². The number of carbonyl (C=O) groups is 1. The van der Waals surface area contributed by atoms with Gasteiger partial charge in [-0.05, 0) is 31.0 Å². The van der Waals surface area contributed by atoms with Crippen molar-refractivity contribution >= 4 is 39.9 Å². The highest BCUT2D eigenvalue weighted by molar-refractivity contribution is 7.16. The minimum absolute atomic E-state index is 0.0272. The van der Waals surface area contributed by atoms with Crippen molar-refractivity contribution < 1.29 is 9.32 Å². The van der Waals surface area contributed by atoms with Crippen LogP contribution in [0.1, 0.15) is 46.4 Å². The Hall–Kier alpha value is -1.96. The van der Waals surface area contributed by atoms with E-state index in [1.807, 2.05) is 24.0 Å². The van der Waals surface area contributed by atoms with Crippen LogP contribution in [0.2, 0.25) is 4.34 Å². The molecule has 1 aliphatic heterocycles. The number of thiophene rings is 1. The predicted octanol–water partition coefficient (Wildman–Crippen LogP) is 4.33. The van der Waals surface area contributed by atoms with Gasteiger partial charge in [0.1, 0.15) is 0 Å². The fourth-order valence-corrected chi connectivity index (χ4v) is 4.64. The molecule has 4 heterocycles. The number of aromatic nitrogens is 2. The lowest BCUT2D eigenvalue weighted by atomic mass is 10.0. The lowest BCUT2D eigenvalue weighted by molar-refractivity contribution is 0.0631. The molecule has 4 rings (SSSR count). The number of nitrogens with zero attached hydrogens (tertiary/aromatic N) is 4. The van der Waals surface area contributed by atoms with Crippen LogP contribution in [0.4, 0.5) is 0 Å². The van der Waals surface area contributed by atoms with E-state index in [9.17, 15) is 4.79 Å². The molecule has 1 saturated heterocycles. The molecular weight excluding hydrogens is 396 g/mol. The van der Waals surface area contributed by atoms with Gasteiger partial charge in [-0.25, -0.2) is 4.98 Å². The zero-order chi connectivity index (χ0) is 19.8. The number of halogens is 1. The smallest absolute Gasteiger partial charge is 0.259 e. The maximum absolute atomic E-state index is 13.3. The highest BCUT2D eigenvalue weighted by atomic mass is 35.5. The fourth-order valence-electron chi connectivity index (χ4n) is 3.51. The largest absolute Gasteiger partial charge is 0.336 e. The van der Waals surface area contributed by atoms with Gasteiger partial charge < -0.3 is 9.42 Å². The van der Waals surface area contributed by atoms with Crippen molar-refractivity contribution in [3.63, 3.8) is 0 Å². The Bertz CT molecular complexity index is 1000. The average Bonchev–Trinajstić information content (AvgIpc) is 3.26. The molecule has 0 atom stereocenters. The Morgan fingerprint density at radius 2 is 2.04 bits per heavy atom. The summed E-state index contributed by atoms with van der Waals surface area (Å²) in [5, 5.41) is 4.75. The first-order valence-electron chi connectivity index (χ1n) is 9.45. The molecular formula is C20H23ClN4O2S. The van der Waals surface area contributed by atoms with Gasteiger partial charge in [-0.1, -0.05) is 30.6 Å². The standard InChI is InChI=1S/C20H23ClN4O2S/c1-12(2)16-10-15(18-13(3)23-27-19(18)22-16)20(26)25-8-6-24(7-9-25)11-14-4-5-17(21)28-14/h4-5,10,12H,6-9,11H2,1-3H3. The Labute approximate surface area is 173 Å². The van der Waals surface area contributed by atoms with Gasteiger partial charge >= 0.3 is 0 Å². The van der Waals surface area contributed by atoms with Crippen LogP contribution < -0.4 is 0 Å². The Morgan fingerprint density at radius 3 is 2.68 bits per heavy atom. The normalized spacial score (nSPS) is 15.7. The summed E-state index contributed by atoms with van der Waals surface area (Å²) in [7, 11) is 0. The Kier molecular flexibility index (Phi) is 5.40.